The highest BCUT2D eigenvalue weighted by atomic mass is 16.1. The minimum atomic E-state index is -0.417. The summed E-state index contributed by atoms with van der Waals surface area (Å²) in [7, 11) is 0. The smallest absolute Gasteiger partial charge is 0.173 e. The van der Waals surface area contributed by atoms with E-state index < -0.39 is 5.41 Å². The van der Waals surface area contributed by atoms with Crippen LogP contribution in [-0.2, 0) is 5.41 Å². The summed E-state index contributed by atoms with van der Waals surface area (Å²) in [6.07, 6.45) is 0. The number of rotatable bonds is 0. The molecule has 100 valence electrons. The van der Waals surface area contributed by atoms with Crippen molar-refractivity contribution in [3.63, 3.8) is 0 Å². The van der Waals surface area contributed by atoms with E-state index in [2.05, 4.69) is 48.5 Å². The van der Waals surface area contributed by atoms with E-state index in [9.17, 15) is 4.79 Å². The van der Waals surface area contributed by atoms with E-state index in [-0.39, 0.29) is 5.78 Å². The van der Waals surface area contributed by atoms with Gasteiger partial charge in [0.1, 0.15) is 0 Å². The summed E-state index contributed by atoms with van der Waals surface area (Å²) in [5.41, 5.74) is 1.65. The van der Waals surface area contributed by atoms with Crippen molar-refractivity contribution in [2.75, 3.05) is 0 Å². The van der Waals surface area contributed by atoms with Crippen molar-refractivity contribution < 1.29 is 4.79 Å². The summed E-state index contributed by atoms with van der Waals surface area (Å²) in [5.74, 6) is 0.247. The van der Waals surface area contributed by atoms with Crippen LogP contribution in [0.4, 0.5) is 0 Å². The molecule has 0 aromatic heterocycles. The van der Waals surface area contributed by atoms with Crippen molar-refractivity contribution in [2.24, 2.45) is 0 Å². The molecule has 0 amide bonds. The van der Waals surface area contributed by atoms with Crippen molar-refractivity contribution in [2.45, 2.75) is 19.3 Å². The van der Waals surface area contributed by atoms with Gasteiger partial charge in [-0.1, -0.05) is 42.5 Å². The van der Waals surface area contributed by atoms with Crippen LogP contribution in [0.15, 0.2) is 48.5 Å². The molecule has 0 saturated carbocycles. The van der Waals surface area contributed by atoms with Gasteiger partial charge in [-0.2, -0.15) is 0 Å². The average molecular weight is 270 g/mol. The summed E-state index contributed by atoms with van der Waals surface area (Å²) >= 11 is 0. The summed E-state index contributed by atoms with van der Waals surface area (Å²) in [6.45, 7) is 4.08. The van der Waals surface area contributed by atoms with Crippen LogP contribution in [0.5, 0.6) is 0 Å². The molecule has 1 aliphatic rings. The molecular formula is C20H14O. The third kappa shape index (κ3) is 1.13. The summed E-state index contributed by atoms with van der Waals surface area (Å²) < 4.78 is 0. The zero-order valence-corrected chi connectivity index (χ0v) is 12.0. The van der Waals surface area contributed by atoms with Crippen molar-refractivity contribution in [3.05, 3.63) is 59.7 Å². The zero-order chi connectivity index (χ0) is 14.4. The van der Waals surface area contributed by atoms with E-state index in [0.29, 0.717) is 0 Å². The second-order valence-electron chi connectivity index (χ2n) is 6.61. The lowest BCUT2D eigenvalue weighted by Gasteiger charge is -2.17. The topological polar surface area (TPSA) is 17.1 Å². The minimum Gasteiger partial charge on any atom is -0.293 e. The maximum atomic E-state index is 12.8. The number of benzene rings is 4. The molecule has 0 saturated heterocycles. The Morgan fingerprint density at radius 1 is 0.762 bits per heavy atom. The molecule has 0 spiro atoms. The second-order valence-corrected chi connectivity index (χ2v) is 6.61. The molecule has 0 radical (unpaired) electrons. The third-order valence-electron chi connectivity index (χ3n) is 5.11. The second kappa shape index (κ2) is 3.25. The van der Waals surface area contributed by atoms with Gasteiger partial charge in [-0.3, -0.25) is 4.79 Å². The monoisotopic (exact) mass is 270 g/mol. The van der Waals surface area contributed by atoms with Gasteiger partial charge in [0.2, 0.25) is 0 Å². The molecule has 0 heterocycles. The molecule has 0 fully saturated rings. The molecule has 0 bridgehead atoms. The number of hydrogen-bond acceptors (Lipinski definition) is 1. The van der Waals surface area contributed by atoms with Crippen LogP contribution in [0.3, 0.4) is 0 Å². The van der Waals surface area contributed by atoms with Gasteiger partial charge >= 0.3 is 0 Å². The van der Waals surface area contributed by atoms with Gasteiger partial charge in [0.05, 0.1) is 5.41 Å². The molecule has 5 rings (SSSR count). The zero-order valence-electron chi connectivity index (χ0n) is 12.0. The highest BCUT2D eigenvalue weighted by Crippen LogP contribution is 2.47. The Labute approximate surface area is 122 Å². The van der Waals surface area contributed by atoms with Gasteiger partial charge in [-0.25, -0.2) is 0 Å². The SMILES string of the molecule is CC1(C)C(=O)c2cc3cccc4ccc5ccc1c2c5c43. The highest BCUT2D eigenvalue weighted by Gasteiger charge is 2.40. The molecule has 4 aromatic rings. The predicted octanol–water partition coefficient (Wildman–Crippen LogP) is 5.06. The standard InChI is InChI=1S/C20H14O/c1-20(2)15-9-8-12-7-6-11-4-3-5-13-10-14(19(20)21)18(15)17(12)16(11)13/h3-10H,1-2H3. The van der Waals surface area contributed by atoms with Crippen LogP contribution in [0.1, 0.15) is 29.8 Å². The average Bonchev–Trinajstić information content (AvgIpc) is 2.69. The number of carbonyl (C=O) groups is 1. The molecule has 0 aliphatic heterocycles. The Kier molecular flexibility index (Phi) is 1.74. The van der Waals surface area contributed by atoms with Gasteiger partial charge in [0.25, 0.3) is 0 Å². The normalized spacial score (nSPS) is 16.6. The van der Waals surface area contributed by atoms with Crippen molar-refractivity contribution in [1.29, 1.82) is 0 Å². The lowest BCUT2D eigenvalue weighted by atomic mass is 9.84. The van der Waals surface area contributed by atoms with Crippen LogP contribution in [0.2, 0.25) is 0 Å². The molecule has 0 atom stereocenters. The first-order chi connectivity index (χ1) is 10.1. The van der Waals surface area contributed by atoms with Gasteiger partial charge in [-0.15, -0.1) is 0 Å². The third-order valence-corrected chi connectivity index (χ3v) is 5.11. The fourth-order valence-corrected chi connectivity index (χ4v) is 4.01. The van der Waals surface area contributed by atoms with Crippen LogP contribution in [-0.4, -0.2) is 5.78 Å². The Morgan fingerprint density at radius 2 is 1.43 bits per heavy atom. The fourth-order valence-electron chi connectivity index (χ4n) is 4.01. The van der Waals surface area contributed by atoms with E-state index in [1.165, 1.54) is 37.9 Å². The van der Waals surface area contributed by atoms with Crippen molar-refractivity contribution >= 4 is 38.1 Å². The lowest BCUT2D eigenvalue weighted by molar-refractivity contribution is 0.0920. The first-order valence-electron chi connectivity index (χ1n) is 7.35. The summed E-state index contributed by atoms with van der Waals surface area (Å²) in [5, 5.41) is 7.37. The Morgan fingerprint density at radius 3 is 2.24 bits per heavy atom. The van der Waals surface area contributed by atoms with Crippen LogP contribution < -0.4 is 0 Å². The quantitative estimate of drug-likeness (QED) is 0.408. The Balaban J connectivity index is 2.21. The molecule has 0 unspecified atom stereocenters. The molecule has 1 nitrogen and oxygen atoms in total. The molecule has 1 aliphatic carbocycles. The number of ketones is 1. The lowest BCUT2D eigenvalue weighted by Crippen LogP contribution is -2.23. The van der Waals surface area contributed by atoms with E-state index in [1.54, 1.807) is 0 Å². The van der Waals surface area contributed by atoms with E-state index in [0.717, 1.165) is 5.56 Å². The molecule has 1 heteroatoms. The van der Waals surface area contributed by atoms with E-state index in [4.69, 9.17) is 0 Å². The fraction of sp³-hybridized carbons (Fsp3) is 0.150. The van der Waals surface area contributed by atoms with Crippen molar-refractivity contribution in [3.8, 4) is 0 Å². The van der Waals surface area contributed by atoms with Crippen LogP contribution >= 0.6 is 0 Å². The minimum absolute atomic E-state index is 0.247. The number of Topliss-reactive ketones (excluding diaryl/α,β-unsaturated/α-hetero) is 1. The molecule has 21 heavy (non-hydrogen) atoms. The Bertz CT molecular complexity index is 1070. The van der Waals surface area contributed by atoms with Crippen LogP contribution in [0.25, 0.3) is 32.3 Å². The van der Waals surface area contributed by atoms with Gasteiger partial charge in [0, 0.05) is 5.56 Å². The molecule has 4 aromatic carbocycles. The highest BCUT2D eigenvalue weighted by molar-refractivity contribution is 6.32. The van der Waals surface area contributed by atoms with Gasteiger partial charge < -0.3 is 0 Å². The van der Waals surface area contributed by atoms with Crippen molar-refractivity contribution in [1.82, 2.24) is 0 Å². The number of carbonyl (C=O) groups excluding carboxylic acids is 1. The predicted molar refractivity (Wildman–Crippen MR) is 87.5 cm³/mol. The maximum absolute atomic E-state index is 12.8. The maximum Gasteiger partial charge on any atom is 0.173 e. The Hall–Kier alpha value is -2.41. The van der Waals surface area contributed by atoms with E-state index >= 15 is 0 Å². The van der Waals surface area contributed by atoms with Crippen LogP contribution in [0, 0.1) is 0 Å². The number of hydrogen-bond donors (Lipinski definition) is 0. The first kappa shape index (κ1) is 11.3. The first-order valence-corrected chi connectivity index (χ1v) is 7.35. The van der Waals surface area contributed by atoms with Gasteiger partial charge in [-0.05, 0) is 57.8 Å². The summed E-state index contributed by atoms with van der Waals surface area (Å²) in [6, 6.07) is 17.1. The summed E-state index contributed by atoms with van der Waals surface area (Å²) in [4.78, 5) is 12.8. The molecular weight excluding hydrogens is 256 g/mol. The van der Waals surface area contributed by atoms with E-state index in [1.807, 2.05) is 13.8 Å². The molecule has 0 N–H and O–H groups in total. The van der Waals surface area contributed by atoms with Gasteiger partial charge in [0.15, 0.2) is 5.78 Å². The largest absolute Gasteiger partial charge is 0.293 e.